The molecule has 1 aliphatic rings. The van der Waals surface area contributed by atoms with E-state index in [0.29, 0.717) is 42.1 Å². The fourth-order valence-corrected chi connectivity index (χ4v) is 3.58. The van der Waals surface area contributed by atoms with E-state index < -0.39 is 0 Å². The second-order valence-electron chi connectivity index (χ2n) is 7.71. The van der Waals surface area contributed by atoms with Crippen LogP contribution in [0.25, 0.3) is 0 Å². The fourth-order valence-electron chi connectivity index (χ4n) is 3.58. The van der Waals surface area contributed by atoms with Gasteiger partial charge in [0.05, 0.1) is 25.1 Å². The molecule has 8 nitrogen and oxygen atoms in total. The molecule has 3 aromatic carbocycles. The van der Waals surface area contributed by atoms with Crippen molar-refractivity contribution in [1.29, 1.82) is 0 Å². The number of hydrogen-bond acceptors (Lipinski definition) is 5. The number of ether oxygens (including phenoxy) is 2. The van der Waals surface area contributed by atoms with Gasteiger partial charge in [-0.1, -0.05) is 12.1 Å². The van der Waals surface area contributed by atoms with Crippen LogP contribution >= 0.6 is 0 Å². The van der Waals surface area contributed by atoms with Gasteiger partial charge < -0.3 is 20.1 Å². The Morgan fingerprint density at radius 2 is 1.68 bits per heavy atom. The van der Waals surface area contributed by atoms with Crippen molar-refractivity contribution in [3.8, 4) is 11.5 Å². The highest BCUT2D eigenvalue weighted by atomic mass is 16.5. The Balaban J connectivity index is 1.27. The van der Waals surface area contributed by atoms with Crippen molar-refractivity contribution in [2.24, 2.45) is 0 Å². The lowest BCUT2D eigenvalue weighted by atomic mass is 10.1. The van der Waals surface area contributed by atoms with Gasteiger partial charge in [-0.3, -0.25) is 19.3 Å². The van der Waals surface area contributed by atoms with Gasteiger partial charge >= 0.3 is 0 Å². The molecule has 3 aromatic rings. The van der Waals surface area contributed by atoms with E-state index in [0.717, 1.165) is 11.5 Å². The van der Waals surface area contributed by atoms with Gasteiger partial charge in [0, 0.05) is 17.7 Å². The normalized spacial score (nSPS) is 12.4. The molecule has 34 heavy (non-hydrogen) atoms. The first-order valence-corrected chi connectivity index (χ1v) is 10.9. The van der Waals surface area contributed by atoms with Gasteiger partial charge in [0.15, 0.2) is 0 Å². The summed E-state index contributed by atoms with van der Waals surface area (Å²) in [6.07, 6.45) is 0.862. The van der Waals surface area contributed by atoms with Crippen LogP contribution in [0.2, 0.25) is 0 Å². The molecular weight excluding hydrogens is 434 g/mol. The molecule has 0 saturated heterocycles. The molecule has 0 bridgehead atoms. The molecule has 8 heteroatoms. The van der Waals surface area contributed by atoms with Crippen LogP contribution in [-0.2, 0) is 9.59 Å². The van der Waals surface area contributed by atoms with Crippen molar-refractivity contribution >= 4 is 34.8 Å². The van der Waals surface area contributed by atoms with E-state index in [4.69, 9.17) is 9.47 Å². The highest BCUT2D eigenvalue weighted by Gasteiger charge is 2.27. The van der Waals surface area contributed by atoms with Gasteiger partial charge in [0.1, 0.15) is 18.0 Å². The lowest BCUT2D eigenvalue weighted by Crippen LogP contribution is -2.42. The zero-order valence-electron chi connectivity index (χ0n) is 18.7. The number of fused-ring (bicyclic) bond motifs is 1. The molecule has 1 heterocycles. The molecule has 0 fully saturated rings. The molecule has 4 rings (SSSR count). The Bertz CT molecular complexity index is 1180. The minimum Gasteiger partial charge on any atom is -0.497 e. The monoisotopic (exact) mass is 459 g/mol. The zero-order valence-corrected chi connectivity index (χ0v) is 18.7. The summed E-state index contributed by atoms with van der Waals surface area (Å²) < 4.78 is 10.7. The summed E-state index contributed by atoms with van der Waals surface area (Å²) in [6, 6.07) is 21.1. The average Bonchev–Trinajstić information content (AvgIpc) is 2.86. The van der Waals surface area contributed by atoms with Crippen molar-refractivity contribution in [3.05, 3.63) is 78.4 Å². The minimum atomic E-state index is -0.282. The number of benzene rings is 3. The topological polar surface area (TPSA) is 97.0 Å². The molecule has 174 valence electrons. The molecule has 0 saturated carbocycles. The molecule has 0 spiro atoms. The third kappa shape index (κ3) is 5.53. The Hall–Kier alpha value is -4.33. The Labute approximate surface area is 197 Å². The lowest BCUT2D eigenvalue weighted by Gasteiger charge is -2.29. The van der Waals surface area contributed by atoms with Crippen LogP contribution < -0.4 is 25.0 Å². The minimum absolute atomic E-state index is 0.0487. The molecule has 0 radical (unpaired) electrons. The van der Waals surface area contributed by atoms with Gasteiger partial charge in [-0.25, -0.2) is 0 Å². The van der Waals surface area contributed by atoms with Gasteiger partial charge in [0.2, 0.25) is 11.8 Å². The van der Waals surface area contributed by atoms with Gasteiger partial charge in [0.25, 0.3) is 5.91 Å². The van der Waals surface area contributed by atoms with Crippen molar-refractivity contribution in [2.45, 2.75) is 12.8 Å². The van der Waals surface area contributed by atoms with E-state index in [1.54, 1.807) is 49.6 Å². The SMILES string of the molecule is COc1ccc(OCCCC(=O)Nc2ccc(C(=O)N3CC(=O)Nc4ccccc43)cc2)cc1. The number of hydrogen-bond donors (Lipinski definition) is 2. The number of anilines is 3. The van der Waals surface area contributed by atoms with Crippen LogP contribution in [0.4, 0.5) is 17.1 Å². The highest BCUT2D eigenvalue weighted by Crippen LogP contribution is 2.30. The maximum absolute atomic E-state index is 13.0. The lowest BCUT2D eigenvalue weighted by molar-refractivity contribution is -0.116. The van der Waals surface area contributed by atoms with E-state index in [9.17, 15) is 14.4 Å². The number of carbonyl (C=O) groups is 3. The number of carbonyl (C=O) groups excluding carboxylic acids is 3. The first kappa shape index (κ1) is 22.8. The Morgan fingerprint density at radius 3 is 2.41 bits per heavy atom. The molecule has 0 aromatic heterocycles. The smallest absolute Gasteiger partial charge is 0.258 e. The largest absolute Gasteiger partial charge is 0.497 e. The van der Waals surface area contributed by atoms with Crippen LogP contribution in [-0.4, -0.2) is 38.0 Å². The summed E-state index contributed by atoms with van der Waals surface area (Å²) in [5.41, 5.74) is 2.28. The molecule has 0 aliphatic carbocycles. The van der Waals surface area contributed by atoms with E-state index >= 15 is 0 Å². The second-order valence-corrected chi connectivity index (χ2v) is 7.71. The Morgan fingerprint density at radius 1 is 0.971 bits per heavy atom. The van der Waals surface area contributed by atoms with Gasteiger partial charge in [-0.2, -0.15) is 0 Å². The van der Waals surface area contributed by atoms with Crippen molar-refractivity contribution < 1.29 is 23.9 Å². The van der Waals surface area contributed by atoms with Crippen LogP contribution in [0.1, 0.15) is 23.2 Å². The second kappa shape index (κ2) is 10.5. The molecule has 0 atom stereocenters. The molecule has 3 amide bonds. The van der Waals surface area contributed by atoms with Crippen LogP contribution in [0, 0.1) is 0 Å². The third-order valence-electron chi connectivity index (χ3n) is 5.31. The van der Waals surface area contributed by atoms with E-state index in [2.05, 4.69) is 10.6 Å². The standard InChI is InChI=1S/C26H25N3O5/c1-33-20-12-14-21(15-13-20)34-16-4-7-24(30)27-19-10-8-18(9-11-19)26(32)29-17-25(31)28-22-5-2-3-6-23(22)29/h2-3,5-6,8-15H,4,7,16-17H2,1H3,(H,27,30)(H,28,31). The molecule has 2 N–H and O–H groups in total. The van der Waals surface area contributed by atoms with Gasteiger partial charge in [-0.15, -0.1) is 0 Å². The van der Waals surface area contributed by atoms with E-state index in [1.165, 1.54) is 4.90 Å². The first-order chi connectivity index (χ1) is 16.5. The fraction of sp³-hybridized carbons (Fsp3) is 0.192. The van der Waals surface area contributed by atoms with Crippen molar-refractivity contribution in [3.63, 3.8) is 0 Å². The van der Waals surface area contributed by atoms with Crippen molar-refractivity contribution in [2.75, 3.05) is 35.8 Å². The average molecular weight is 460 g/mol. The van der Waals surface area contributed by atoms with E-state index in [-0.39, 0.29) is 24.3 Å². The summed E-state index contributed by atoms with van der Waals surface area (Å²) in [5.74, 6) is 0.808. The summed E-state index contributed by atoms with van der Waals surface area (Å²) >= 11 is 0. The molecule has 1 aliphatic heterocycles. The first-order valence-electron chi connectivity index (χ1n) is 10.9. The molecule has 0 unspecified atom stereocenters. The highest BCUT2D eigenvalue weighted by molar-refractivity contribution is 6.15. The van der Waals surface area contributed by atoms with Crippen LogP contribution in [0.5, 0.6) is 11.5 Å². The van der Waals surface area contributed by atoms with Gasteiger partial charge in [-0.05, 0) is 67.1 Å². The van der Waals surface area contributed by atoms with Crippen molar-refractivity contribution in [1.82, 2.24) is 0 Å². The maximum atomic E-state index is 13.0. The number of methoxy groups -OCH3 is 1. The summed E-state index contributed by atoms with van der Waals surface area (Å²) in [6.45, 7) is 0.366. The summed E-state index contributed by atoms with van der Waals surface area (Å²) in [7, 11) is 1.60. The predicted octanol–water partition coefficient (Wildman–Crippen LogP) is 4.09. The predicted molar refractivity (Wildman–Crippen MR) is 130 cm³/mol. The Kier molecular flexibility index (Phi) is 7.07. The zero-order chi connectivity index (χ0) is 23.9. The maximum Gasteiger partial charge on any atom is 0.258 e. The number of nitrogens with zero attached hydrogens (tertiary/aromatic N) is 1. The number of amides is 3. The van der Waals surface area contributed by atoms with E-state index in [1.807, 2.05) is 30.3 Å². The number of rotatable bonds is 8. The number of para-hydroxylation sites is 2. The third-order valence-corrected chi connectivity index (χ3v) is 5.31. The summed E-state index contributed by atoms with van der Waals surface area (Å²) in [5, 5.41) is 5.59. The molecular formula is C26H25N3O5. The quantitative estimate of drug-likeness (QED) is 0.495. The van der Waals surface area contributed by atoms with Crippen LogP contribution in [0.3, 0.4) is 0 Å². The number of nitrogens with one attached hydrogen (secondary N) is 2. The van der Waals surface area contributed by atoms with Crippen LogP contribution in [0.15, 0.2) is 72.8 Å². The summed E-state index contributed by atoms with van der Waals surface area (Å²) in [4.78, 5) is 38.7.